The van der Waals surface area contributed by atoms with Gasteiger partial charge in [-0.05, 0) is 13.8 Å². The van der Waals surface area contributed by atoms with Crippen LogP contribution in [0.4, 0.5) is 5.82 Å². The van der Waals surface area contributed by atoms with E-state index in [1.807, 2.05) is 0 Å². The third-order valence-corrected chi connectivity index (χ3v) is 1.41. The molecule has 0 fully saturated rings. The minimum atomic E-state index is -1.06. The van der Waals surface area contributed by atoms with Gasteiger partial charge in [-0.2, -0.15) is 5.23 Å². The third kappa shape index (κ3) is 3.11. The number of nitrogens with one attached hydrogen (secondary N) is 1. The SMILES string of the molecule is CC(C)(O)Cn1ccc([NH+]([O-])O)n1. The lowest BCUT2D eigenvalue weighted by Crippen LogP contribution is -2.99. The van der Waals surface area contributed by atoms with E-state index in [0.717, 1.165) is 0 Å². The average molecular weight is 187 g/mol. The van der Waals surface area contributed by atoms with Crippen LogP contribution in [0.2, 0.25) is 0 Å². The van der Waals surface area contributed by atoms with Crippen molar-refractivity contribution in [3.8, 4) is 0 Å². The summed E-state index contributed by atoms with van der Waals surface area (Å²) in [4.78, 5) is 0. The number of aromatic nitrogens is 2. The molecular weight excluding hydrogens is 174 g/mol. The molecule has 0 amide bonds. The van der Waals surface area contributed by atoms with Crippen LogP contribution in [-0.2, 0) is 6.54 Å². The highest BCUT2D eigenvalue weighted by molar-refractivity contribution is 5.13. The largest absolute Gasteiger partial charge is 0.594 e. The molecule has 0 aliphatic heterocycles. The zero-order valence-electron chi connectivity index (χ0n) is 7.56. The second kappa shape index (κ2) is 3.43. The van der Waals surface area contributed by atoms with Crippen molar-refractivity contribution in [1.29, 1.82) is 0 Å². The molecule has 6 heteroatoms. The average Bonchev–Trinajstić information content (AvgIpc) is 2.31. The van der Waals surface area contributed by atoms with Gasteiger partial charge in [0.05, 0.1) is 12.1 Å². The summed E-state index contributed by atoms with van der Waals surface area (Å²) in [6, 6.07) is 1.40. The Bertz CT molecular complexity index is 277. The first-order valence-corrected chi connectivity index (χ1v) is 3.87. The zero-order chi connectivity index (χ0) is 10.1. The van der Waals surface area contributed by atoms with Gasteiger partial charge in [-0.15, -0.1) is 5.10 Å². The van der Waals surface area contributed by atoms with E-state index in [2.05, 4.69) is 5.10 Å². The molecule has 3 N–H and O–H groups in total. The predicted molar refractivity (Wildman–Crippen MR) is 44.3 cm³/mol. The van der Waals surface area contributed by atoms with Gasteiger partial charge in [0.2, 0.25) is 0 Å². The van der Waals surface area contributed by atoms with Crippen LogP contribution in [-0.4, -0.2) is 25.7 Å². The Labute approximate surface area is 75.5 Å². The van der Waals surface area contributed by atoms with Crippen LogP contribution in [0.3, 0.4) is 0 Å². The maximum Gasteiger partial charge on any atom is 0.277 e. The van der Waals surface area contributed by atoms with Crippen molar-refractivity contribution >= 4 is 5.82 Å². The number of aliphatic hydroxyl groups is 1. The molecule has 1 rings (SSSR count). The summed E-state index contributed by atoms with van der Waals surface area (Å²) in [6.07, 6.45) is 1.53. The molecule has 6 nitrogen and oxygen atoms in total. The number of hydrogen-bond acceptors (Lipinski definition) is 4. The molecule has 1 aromatic rings. The van der Waals surface area contributed by atoms with E-state index in [4.69, 9.17) is 5.21 Å². The maximum atomic E-state index is 10.4. The molecule has 0 saturated carbocycles. The zero-order valence-corrected chi connectivity index (χ0v) is 7.56. The van der Waals surface area contributed by atoms with Crippen molar-refractivity contribution in [2.24, 2.45) is 0 Å². The van der Waals surface area contributed by atoms with Crippen LogP contribution in [0.15, 0.2) is 12.3 Å². The van der Waals surface area contributed by atoms with Crippen molar-refractivity contribution in [2.45, 2.75) is 26.0 Å². The van der Waals surface area contributed by atoms with Crippen LogP contribution in [0.1, 0.15) is 13.8 Å². The molecule has 74 valence electrons. The smallest absolute Gasteiger partial charge is 0.277 e. The Morgan fingerprint density at radius 1 is 1.69 bits per heavy atom. The molecule has 1 unspecified atom stereocenters. The number of hydrogen-bond donors (Lipinski definition) is 3. The van der Waals surface area contributed by atoms with Crippen molar-refractivity contribution < 1.29 is 15.5 Å². The Balaban J connectivity index is 2.70. The molecule has 0 aliphatic carbocycles. The lowest BCUT2D eigenvalue weighted by molar-refractivity contribution is -0.993. The Morgan fingerprint density at radius 3 is 2.69 bits per heavy atom. The summed E-state index contributed by atoms with van der Waals surface area (Å²) in [5.74, 6) is -0.00995. The van der Waals surface area contributed by atoms with Crippen LogP contribution in [0.25, 0.3) is 0 Å². The van der Waals surface area contributed by atoms with Gasteiger partial charge in [-0.25, -0.2) is 5.21 Å². The van der Waals surface area contributed by atoms with Crippen LogP contribution in [0.5, 0.6) is 0 Å². The van der Waals surface area contributed by atoms with Gasteiger partial charge >= 0.3 is 0 Å². The van der Waals surface area contributed by atoms with E-state index in [1.165, 1.54) is 16.9 Å². The lowest BCUT2D eigenvalue weighted by Gasteiger charge is -2.16. The molecule has 1 heterocycles. The van der Waals surface area contributed by atoms with Crippen LogP contribution >= 0.6 is 0 Å². The van der Waals surface area contributed by atoms with Crippen molar-refractivity contribution in [2.75, 3.05) is 0 Å². The summed E-state index contributed by atoms with van der Waals surface area (Å²) in [6.45, 7) is 3.55. The summed E-state index contributed by atoms with van der Waals surface area (Å²) in [5.41, 5.74) is -0.887. The quantitative estimate of drug-likeness (QED) is 0.533. The second-order valence-electron chi connectivity index (χ2n) is 3.52. The highest BCUT2D eigenvalue weighted by Crippen LogP contribution is 2.05. The predicted octanol–water partition coefficient (Wildman–Crippen LogP) is -0.943. The molecule has 13 heavy (non-hydrogen) atoms. The Kier molecular flexibility index (Phi) is 2.67. The van der Waals surface area contributed by atoms with E-state index in [1.54, 1.807) is 13.8 Å². The minimum Gasteiger partial charge on any atom is -0.594 e. The molecular formula is C7H13N3O3. The molecule has 0 radical (unpaired) electrons. The Hall–Kier alpha value is -0.950. The van der Waals surface area contributed by atoms with Gasteiger partial charge in [0.25, 0.3) is 5.82 Å². The summed E-state index contributed by atoms with van der Waals surface area (Å²) >= 11 is 0. The first kappa shape index (κ1) is 10.1. The van der Waals surface area contributed by atoms with Crippen molar-refractivity contribution in [1.82, 2.24) is 9.78 Å². The normalized spacial score (nSPS) is 14.5. The second-order valence-corrected chi connectivity index (χ2v) is 3.52. The summed E-state index contributed by atoms with van der Waals surface area (Å²) in [7, 11) is 0. The monoisotopic (exact) mass is 187 g/mol. The Morgan fingerprint density at radius 2 is 2.31 bits per heavy atom. The van der Waals surface area contributed by atoms with Gasteiger partial charge in [-0.1, -0.05) is 0 Å². The van der Waals surface area contributed by atoms with Crippen molar-refractivity contribution in [3.05, 3.63) is 17.5 Å². The van der Waals surface area contributed by atoms with E-state index in [-0.39, 0.29) is 12.4 Å². The lowest BCUT2D eigenvalue weighted by atomic mass is 10.1. The van der Waals surface area contributed by atoms with Gasteiger partial charge in [0.15, 0.2) is 0 Å². The first-order valence-electron chi connectivity index (χ1n) is 3.87. The van der Waals surface area contributed by atoms with E-state index in [9.17, 15) is 10.3 Å². The van der Waals surface area contributed by atoms with E-state index >= 15 is 0 Å². The molecule has 1 aromatic heterocycles. The summed E-state index contributed by atoms with van der Waals surface area (Å²) in [5, 5.41) is 31.1. The van der Waals surface area contributed by atoms with Crippen LogP contribution in [0, 0.1) is 5.21 Å². The highest BCUT2D eigenvalue weighted by atomic mass is 16.8. The molecule has 0 saturated heterocycles. The molecule has 0 aromatic carbocycles. The molecule has 0 aliphatic rings. The minimum absolute atomic E-state index is 0.00995. The third-order valence-electron chi connectivity index (χ3n) is 1.41. The first-order chi connectivity index (χ1) is 5.88. The number of quaternary nitrogens is 1. The van der Waals surface area contributed by atoms with Gasteiger partial charge < -0.3 is 10.3 Å². The number of rotatable bonds is 3. The fourth-order valence-corrected chi connectivity index (χ4v) is 0.960. The van der Waals surface area contributed by atoms with Crippen LogP contribution < -0.4 is 5.23 Å². The molecule has 1 atom stereocenters. The van der Waals surface area contributed by atoms with E-state index < -0.39 is 10.8 Å². The summed E-state index contributed by atoms with van der Waals surface area (Å²) < 4.78 is 1.41. The molecule has 0 bridgehead atoms. The highest BCUT2D eigenvalue weighted by Gasteiger charge is 2.15. The van der Waals surface area contributed by atoms with Gasteiger partial charge in [0.1, 0.15) is 0 Å². The maximum absolute atomic E-state index is 10.4. The molecule has 0 spiro atoms. The van der Waals surface area contributed by atoms with Gasteiger partial charge in [-0.3, -0.25) is 4.68 Å². The number of nitrogens with zero attached hydrogens (tertiary/aromatic N) is 2. The van der Waals surface area contributed by atoms with Crippen molar-refractivity contribution in [3.63, 3.8) is 0 Å². The standard InChI is InChI=1S/C7H13N3O3/c1-7(2,11)5-9-4-3-6(8-9)10(12)13/h3-4,10-12H,5H2,1-2H3. The van der Waals surface area contributed by atoms with Gasteiger partial charge in [0, 0.05) is 12.3 Å². The topological polar surface area (TPSA) is 85.8 Å². The fraction of sp³-hybridized carbons (Fsp3) is 0.571. The van der Waals surface area contributed by atoms with E-state index in [0.29, 0.717) is 0 Å². The fourth-order valence-electron chi connectivity index (χ4n) is 0.960.